The van der Waals surface area contributed by atoms with Gasteiger partial charge in [0.25, 0.3) is 11.8 Å². The fraction of sp³-hybridized carbons (Fsp3) is 0.0417. The normalized spacial score (nSPS) is 15.1. The maximum atomic E-state index is 12.9. The molecule has 9 heteroatoms. The van der Waals surface area contributed by atoms with Crippen molar-refractivity contribution in [3.05, 3.63) is 97.4 Å². The summed E-state index contributed by atoms with van der Waals surface area (Å²) in [7, 11) is 0. The van der Waals surface area contributed by atoms with Crippen LogP contribution in [0.4, 0.5) is 10.5 Å². The van der Waals surface area contributed by atoms with Crippen molar-refractivity contribution in [2.75, 3.05) is 4.90 Å². The minimum Gasteiger partial charge on any atom is -0.489 e. The maximum Gasteiger partial charge on any atom is 0.335 e. The van der Waals surface area contributed by atoms with Gasteiger partial charge < -0.3 is 4.74 Å². The molecule has 1 saturated heterocycles. The summed E-state index contributed by atoms with van der Waals surface area (Å²) in [5.74, 6) is -0.841. The number of halogens is 3. The number of imide groups is 2. The summed E-state index contributed by atoms with van der Waals surface area (Å²) in [6.45, 7) is 0.368. The van der Waals surface area contributed by atoms with Crippen LogP contribution in [0.3, 0.4) is 0 Å². The Bertz CT molecular complexity index is 1270. The van der Waals surface area contributed by atoms with Crippen molar-refractivity contribution in [3.8, 4) is 5.75 Å². The number of hydrogen-bond donors (Lipinski definition) is 1. The van der Waals surface area contributed by atoms with Crippen molar-refractivity contribution in [1.82, 2.24) is 5.32 Å². The van der Waals surface area contributed by atoms with Crippen LogP contribution in [0.25, 0.3) is 6.08 Å². The predicted octanol–water partition coefficient (Wildman–Crippen LogP) is 6.11. The molecule has 0 saturated carbocycles. The highest BCUT2D eigenvalue weighted by Gasteiger charge is 2.36. The Morgan fingerprint density at radius 2 is 1.64 bits per heavy atom. The van der Waals surface area contributed by atoms with Gasteiger partial charge in [-0.15, -0.1) is 0 Å². The number of rotatable bonds is 5. The van der Waals surface area contributed by atoms with Gasteiger partial charge in [-0.05, 0) is 60.2 Å². The van der Waals surface area contributed by atoms with Gasteiger partial charge in [0, 0.05) is 19.5 Å². The highest BCUT2D eigenvalue weighted by molar-refractivity contribution is 9.11. The summed E-state index contributed by atoms with van der Waals surface area (Å²) >= 11 is 12.8. The summed E-state index contributed by atoms with van der Waals surface area (Å²) in [6.07, 6.45) is 1.43. The summed E-state index contributed by atoms with van der Waals surface area (Å²) in [6, 6.07) is 18.1. The number of amides is 4. The topological polar surface area (TPSA) is 75.7 Å². The molecule has 4 rings (SSSR count). The van der Waals surface area contributed by atoms with Crippen LogP contribution in [0.15, 0.2) is 81.2 Å². The molecule has 0 radical (unpaired) electrons. The second-order valence-electron chi connectivity index (χ2n) is 7.03. The second kappa shape index (κ2) is 9.91. The predicted molar refractivity (Wildman–Crippen MR) is 133 cm³/mol. The molecule has 0 aliphatic carbocycles. The lowest BCUT2D eigenvalue weighted by atomic mass is 10.1. The number of benzene rings is 3. The average Bonchev–Trinajstić information content (AvgIpc) is 2.78. The molecule has 33 heavy (non-hydrogen) atoms. The van der Waals surface area contributed by atoms with Crippen LogP contribution in [0.1, 0.15) is 11.1 Å². The highest BCUT2D eigenvalue weighted by Crippen LogP contribution is 2.25. The third-order valence-corrected chi connectivity index (χ3v) is 6.27. The first kappa shape index (κ1) is 23.2. The zero-order valence-electron chi connectivity index (χ0n) is 16.8. The molecular weight excluding hydrogens is 576 g/mol. The quantitative estimate of drug-likeness (QED) is 0.288. The number of nitrogens with one attached hydrogen (secondary N) is 1. The summed E-state index contributed by atoms with van der Waals surface area (Å²) in [5, 5.41) is 2.66. The number of hydrogen-bond acceptors (Lipinski definition) is 4. The second-order valence-corrected chi connectivity index (χ2v) is 9.23. The van der Waals surface area contributed by atoms with Gasteiger partial charge in [0.05, 0.1) is 5.69 Å². The van der Waals surface area contributed by atoms with Gasteiger partial charge in [-0.1, -0.05) is 61.7 Å². The van der Waals surface area contributed by atoms with Crippen LogP contribution in [-0.2, 0) is 16.2 Å². The van der Waals surface area contributed by atoms with E-state index < -0.39 is 17.8 Å². The lowest BCUT2D eigenvalue weighted by Gasteiger charge is -2.26. The minimum absolute atomic E-state index is 0.156. The van der Waals surface area contributed by atoms with E-state index in [0.29, 0.717) is 28.6 Å². The van der Waals surface area contributed by atoms with Crippen LogP contribution >= 0.6 is 43.5 Å². The summed E-state index contributed by atoms with van der Waals surface area (Å²) < 4.78 is 7.72. The Hall–Kier alpha value is -2.94. The number of barbiturate groups is 1. The largest absolute Gasteiger partial charge is 0.489 e. The molecule has 0 aromatic heterocycles. The van der Waals surface area contributed by atoms with Crippen LogP contribution in [0, 0.1) is 0 Å². The first-order chi connectivity index (χ1) is 15.8. The number of ether oxygens (including phenoxy) is 1. The van der Waals surface area contributed by atoms with Gasteiger partial charge in [-0.25, -0.2) is 9.69 Å². The van der Waals surface area contributed by atoms with Crippen molar-refractivity contribution in [1.29, 1.82) is 0 Å². The number of carbonyl (C=O) groups is 3. The third kappa shape index (κ3) is 5.35. The summed E-state index contributed by atoms with van der Waals surface area (Å²) in [4.78, 5) is 38.4. The van der Waals surface area contributed by atoms with Crippen molar-refractivity contribution in [2.45, 2.75) is 6.61 Å². The van der Waals surface area contributed by atoms with E-state index >= 15 is 0 Å². The first-order valence-corrected chi connectivity index (χ1v) is 11.6. The Balaban J connectivity index is 1.51. The molecule has 3 aromatic rings. The van der Waals surface area contributed by atoms with E-state index in [9.17, 15) is 14.4 Å². The molecular formula is C24H15Br2ClN2O4. The lowest BCUT2D eigenvalue weighted by Crippen LogP contribution is -2.54. The Labute approximate surface area is 211 Å². The van der Waals surface area contributed by atoms with Gasteiger partial charge >= 0.3 is 6.03 Å². The van der Waals surface area contributed by atoms with Crippen molar-refractivity contribution >= 4 is 73.1 Å². The van der Waals surface area contributed by atoms with Crippen LogP contribution in [0.5, 0.6) is 5.75 Å². The highest BCUT2D eigenvalue weighted by atomic mass is 79.9. The molecule has 0 bridgehead atoms. The van der Waals surface area contributed by atoms with Crippen LogP contribution in [0.2, 0.25) is 5.02 Å². The van der Waals surface area contributed by atoms with E-state index in [0.717, 1.165) is 19.4 Å². The monoisotopic (exact) mass is 588 g/mol. The first-order valence-electron chi connectivity index (χ1n) is 9.65. The average molecular weight is 591 g/mol. The molecule has 6 nitrogen and oxygen atoms in total. The minimum atomic E-state index is -0.813. The van der Waals surface area contributed by atoms with E-state index in [4.69, 9.17) is 16.3 Å². The van der Waals surface area contributed by atoms with Crippen molar-refractivity contribution in [3.63, 3.8) is 0 Å². The zero-order chi connectivity index (χ0) is 23.5. The fourth-order valence-corrected chi connectivity index (χ4v) is 4.40. The molecule has 1 fully saturated rings. The SMILES string of the molecule is O=C1NC(=O)N(c2ccc(Cl)cc2)C(=O)/C1=C/c1ccc(OCc2ccc(Br)cc2Br)cc1. The number of anilines is 1. The molecule has 4 amide bonds. The van der Waals surface area contributed by atoms with E-state index in [1.54, 1.807) is 36.4 Å². The Morgan fingerprint density at radius 1 is 0.939 bits per heavy atom. The molecule has 3 aromatic carbocycles. The Morgan fingerprint density at radius 3 is 2.30 bits per heavy atom. The third-order valence-electron chi connectivity index (χ3n) is 4.79. The molecule has 1 aliphatic rings. The zero-order valence-corrected chi connectivity index (χ0v) is 20.8. The molecule has 1 aliphatic heterocycles. The van der Waals surface area contributed by atoms with Gasteiger partial charge in [-0.3, -0.25) is 14.9 Å². The van der Waals surface area contributed by atoms with Crippen molar-refractivity contribution < 1.29 is 19.1 Å². The standard InChI is InChI=1S/C24H15Br2ClN2O4/c25-16-4-3-15(21(26)12-16)13-33-19-9-1-14(2-10-19)11-20-22(30)28-24(32)29(23(20)31)18-7-5-17(27)6-8-18/h1-12H,13H2,(H,28,30,32)/b20-11+. The molecule has 0 spiro atoms. The molecule has 0 atom stereocenters. The summed E-state index contributed by atoms with van der Waals surface area (Å²) in [5.41, 5.74) is 1.75. The maximum absolute atomic E-state index is 12.9. The molecule has 1 heterocycles. The molecule has 1 N–H and O–H groups in total. The van der Waals surface area contributed by atoms with Gasteiger partial charge in [0.2, 0.25) is 0 Å². The van der Waals surface area contributed by atoms with E-state index in [-0.39, 0.29) is 5.57 Å². The van der Waals surface area contributed by atoms with E-state index in [1.807, 2.05) is 18.2 Å². The number of carbonyl (C=O) groups excluding carboxylic acids is 3. The van der Waals surface area contributed by atoms with Gasteiger partial charge in [-0.2, -0.15) is 0 Å². The van der Waals surface area contributed by atoms with Gasteiger partial charge in [0.1, 0.15) is 17.9 Å². The van der Waals surface area contributed by atoms with Crippen LogP contribution < -0.4 is 15.0 Å². The van der Waals surface area contributed by atoms with E-state index in [2.05, 4.69) is 37.2 Å². The van der Waals surface area contributed by atoms with Crippen LogP contribution in [-0.4, -0.2) is 17.8 Å². The Kier molecular flexibility index (Phi) is 6.97. The van der Waals surface area contributed by atoms with Gasteiger partial charge in [0.15, 0.2) is 0 Å². The molecule has 166 valence electrons. The lowest BCUT2D eigenvalue weighted by molar-refractivity contribution is -0.122. The number of nitrogens with zero attached hydrogens (tertiary/aromatic N) is 1. The number of urea groups is 1. The van der Waals surface area contributed by atoms with Crippen molar-refractivity contribution in [2.24, 2.45) is 0 Å². The fourth-order valence-electron chi connectivity index (χ4n) is 3.11. The smallest absolute Gasteiger partial charge is 0.335 e. The van der Waals surface area contributed by atoms with E-state index in [1.165, 1.54) is 18.2 Å². The molecule has 0 unspecified atom stereocenters.